The van der Waals surface area contributed by atoms with Gasteiger partial charge in [-0.05, 0) is 35.1 Å². The number of sulfonamides is 1. The van der Waals surface area contributed by atoms with Gasteiger partial charge in [0.05, 0.1) is 5.75 Å². The van der Waals surface area contributed by atoms with Gasteiger partial charge in [0.2, 0.25) is 10.0 Å². The molecule has 15 heavy (non-hydrogen) atoms. The number of fused-ring (bicyclic) bond motifs is 1. The van der Waals surface area contributed by atoms with Gasteiger partial charge in [-0.1, -0.05) is 13.8 Å². The standard InChI is InChI=1S/C10H15NO3S/c1-8(2)7-3-4-9(8)6-15(12,13)11-10(9,5-7)14-11/h7H,3-6H2,1-2H3/t7-,9+,10+,11?/m0/s1. The summed E-state index contributed by atoms with van der Waals surface area (Å²) in [6.45, 7) is 4.44. The van der Waals surface area contributed by atoms with Gasteiger partial charge in [-0.3, -0.25) is 4.84 Å². The van der Waals surface area contributed by atoms with Crippen molar-refractivity contribution < 1.29 is 13.3 Å². The number of hydrogen-bond donors (Lipinski definition) is 0. The van der Waals surface area contributed by atoms with Crippen molar-refractivity contribution in [3.8, 4) is 0 Å². The summed E-state index contributed by atoms with van der Waals surface area (Å²) >= 11 is 0. The molecule has 4 nitrogen and oxygen atoms in total. The van der Waals surface area contributed by atoms with E-state index in [0.717, 1.165) is 12.8 Å². The zero-order chi connectivity index (χ0) is 10.7. The van der Waals surface area contributed by atoms with Crippen molar-refractivity contribution in [1.29, 1.82) is 0 Å². The Hall–Kier alpha value is -0.130. The zero-order valence-corrected chi connectivity index (χ0v) is 9.80. The van der Waals surface area contributed by atoms with Crippen LogP contribution in [0.15, 0.2) is 0 Å². The van der Waals surface area contributed by atoms with Crippen LogP contribution in [0.5, 0.6) is 0 Å². The van der Waals surface area contributed by atoms with Crippen LogP contribution in [0, 0.1) is 16.7 Å². The molecule has 4 aliphatic rings. The molecule has 2 heterocycles. The molecule has 4 atom stereocenters. The van der Waals surface area contributed by atoms with Crippen molar-refractivity contribution >= 4 is 10.0 Å². The fourth-order valence-electron chi connectivity index (χ4n) is 4.59. The molecule has 0 radical (unpaired) electrons. The van der Waals surface area contributed by atoms with Crippen molar-refractivity contribution in [1.82, 2.24) is 4.47 Å². The topological polar surface area (TPSA) is 49.7 Å². The van der Waals surface area contributed by atoms with E-state index in [1.807, 2.05) is 0 Å². The number of hydroxylamine groups is 1. The maximum atomic E-state index is 11.9. The summed E-state index contributed by atoms with van der Waals surface area (Å²) in [5.74, 6) is 0.946. The van der Waals surface area contributed by atoms with E-state index in [1.54, 1.807) is 0 Å². The smallest absolute Gasteiger partial charge is 0.239 e. The third-order valence-corrected chi connectivity index (χ3v) is 7.35. The van der Waals surface area contributed by atoms with E-state index in [0.29, 0.717) is 11.7 Å². The minimum atomic E-state index is -3.12. The first-order chi connectivity index (χ1) is 6.86. The Kier molecular flexibility index (Phi) is 1.13. The minimum Gasteiger partial charge on any atom is -0.255 e. The molecule has 2 saturated heterocycles. The highest BCUT2D eigenvalue weighted by molar-refractivity contribution is 7.89. The number of nitrogens with zero attached hydrogens (tertiary/aromatic N) is 1. The van der Waals surface area contributed by atoms with Crippen molar-refractivity contribution in [2.24, 2.45) is 16.7 Å². The van der Waals surface area contributed by atoms with E-state index in [9.17, 15) is 8.42 Å². The predicted octanol–water partition coefficient (Wildman–Crippen LogP) is 1.10. The van der Waals surface area contributed by atoms with Gasteiger partial charge in [0, 0.05) is 5.41 Å². The average Bonchev–Trinajstić information content (AvgIpc) is 2.70. The molecule has 1 unspecified atom stereocenters. The Bertz CT molecular complexity index is 471. The highest BCUT2D eigenvalue weighted by Gasteiger charge is 2.88. The molecule has 0 amide bonds. The first-order valence-corrected chi connectivity index (χ1v) is 7.19. The lowest BCUT2D eigenvalue weighted by molar-refractivity contribution is 0.0724. The molecule has 4 rings (SSSR count). The first-order valence-electron chi connectivity index (χ1n) is 5.58. The molecule has 2 spiro atoms. The summed E-state index contributed by atoms with van der Waals surface area (Å²) < 4.78 is 25.1. The van der Waals surface area contributed by atoms with Crippen LogP contribution in [0.4, 0.5) is 0 Å². The molecule has 2 saturated carbocycles. The molecule has 84 valence electrons. The van der Waals surface area contributed by atoms with Crippen LogP contribution >= 0.6 is 0 Å². The van der Waals surface area contributed by atoms with E-state index in [2.05, 4.69) is 13.8 Å². The van der Waals surface area contributed by atoms with Gasteiger partial charge in [-0.2, -0.15) is 0 Å². The lowest BCUT2D eigenvalue weighted by Crippen LogP contribution is -2.41. The van der Waals surface area contributed by atoms with Gasteiger partial charge < -0.3 is 0 Å². The molecule has 0 aromatic carbocycles. The van der Waals surface area contributed by atoms with Crippen molar-refractivity contribution in [3.05, 3.63) is 0 Å². The number of hydrogen-bond acceptors (Lipinski definition) is 3. The van der Waals surface area contributed by atoms with E-state index < -0.39 is 15.7 Å². The van der Waals surface area contributed by atoms with Crippen molar-refractivity contribution in [3.63, 3.8) is 0 Å². The summed E-state index contributed by atoms with van der Waals surface area (Å²) in [4.78, 5) is 5.49. The van der Waals surface area contributed by atoms with Crippen LogP contribution in [-0.2, 0) is 14.9 Å². The Morgan fingerprint density at radius 3 is 2.67 bits per heavy atom. The summed E-state index contributed by atoms with van der Waals surface area (Å²) in [6.07, 6.45) is 3.10. The highest BCUT2D eigenvalue weighted by atomic mass is 32.2. The third kappa shape index (κ3) is 0.626. The SMILES string of the molecule is CC1(C)[C@H]2CC[C@@]13CS(=O)(=O)N1O[C@@]13C2. The molecule has 0 aromatic heterocycles. The normalized spacial score (nSPS) is 61.5. The van der Waals surface area contributed by atoms with E-state index in [-0.39, 0.29) is 10.8 Å². The van der Waals surface area contributed by atoms with Gasteiger partial charge in [0.25, 0.3) is 0 Å². The fraction of sp³-hybridized carbons (Fsp3) is 1.00. The largest absolute Gasteiger partial charge is 0.255 e. The highest BCUT2D eigenvalue weighted by Crippen LogP contribution is 2.80. The lowest BCUT2D eigenvalue weighted by Gasteiger charge is -2.36. The second-order valence-corrected chi connectivity index (χ2v) is 7.89. The Balaban J connectivity index is 1.99. The fourth-order valence-corrected chi connectivity index (χ4v) is 7.01. The minimum absolute atomic E-state index is 0.116. The van der Waals surface area contributed by atoms with Gasteiger partial charge in [-0.15, -0.1) is 0 Å². The molecule has 4 fully saturated rings. The monoisotopic (exact) mass is 229 g/mol. The first kappa shape index (κ1) is 8.96. The Labute approximate surface area is 89.6 Å². The van der Waals surface area contributed by atoms with Gasteiger partial charge in [0.1, 0.15) is 0 Å². The lowest BCUT2D eigenvalue weighted by atomic mass is 9.68. The van der Waals surface area contributed by atoms with Crippen LogP contribution in [0.1, 0.15) is 33.1 Å². The average molecular weight is 229 g/mol. The van der Waals surface area contributed by atoms with E-state index in [4.69, 9.17) is 4.84 Å². The van der Waals surface area contributed by atoms with Crippen molar-refractivity contribution in [2.45, 2.75) is 38.8 Å². The molecule has 0 aromatic rings. The maximum Gasteiger partial charge on any atom is 0.239 e. The quantitative estimate of drug-likeness (QED) is 0.584. The van der Waals surface area contributed by atoms with Gasteiger partial charge >= 0.3 is 0 Å². The molecule has 5 heteroatoms. The molecule has 2 aliphatic heterocycles. The molecule has 2 bridgehead atoms. The van der Waals surface area contributed by atoms with Crippen LogP contribution < -0.4 is 0 Å². The maximum absolute atomic E-state index is 11.9. The molecular formula is C10H15NO3S. The summed E-state index contributed by atoms with van der Waals surface area (Å²) in [7, 11) is -3.12. The van der Waals surface area contributed by atoms with Crippen molar-refractivity contribution in [2.75, 3.05) is 5.75 Å². The predicted molar refractivity (Wildman–Crippen MR) is 53.0 cm³/mol. The second kappa shape index (κ2) is 1.89. The Morgan fingerprint density at radius 1 is 1.40 bits per heavy atom. The number of rotatable bonds is 0. The molecule has 0 N–H and O–H groups in total. The summed E-state index contributed by atoms with van der Waals surface area (Å²) in [5, 5.41) is 0. The van der Waals surface area contributed by atoms with Crippen LogP contribution in [-0.4, -0.2) is 24.4 Å². The molecular weight excluding hydrogens is 214 g/mol. The molecule has 2 aliphatic carbocycles. The summed E-state index contributed by atoms with van der Waals surface area (Å²) in [5.41, 5.74) is -0.424. The van der Waals surface area contributed by atoms with Crippen LogP contribution in [0.25, 0.3) is 0 Å². The van der Waals surface area contributed by atoms with Crippen LogP contribution in [0.3, 0.4) is 0 Å². The zero-order valence-electron chi connectivity index (χ0n) is 8.99. The van der Waals surface area contributed by atoms with E-state index >= 15 is 0 Å². The third-order valence-electron chi connectivity index (χ3n) is 5.62. The van der Waals surface area contributed by atoms with E-state index in [1.165, 1.54) is 10.9 Å². The summed E-state index contributed by atoms with van der Waals surface area (Å²) in [6, 6.07) is 0. The van der Waals surface area contributed by atoms with Crippen LogP contribution in [0.2, 0.25) is 0 Å². The van der Waals surface area contributed by atoms with Gasteiger partial charge in [0.15, 0.2) is 5.72 Å². The Morgan fingerprint density at radius 2 is 2.13 bits per heavy atom. The second-order valence-electron chi connectivity index (χ2n) is 6.10. The van der Waals surface area contributed by atoms with Gasteiger partial charge in [-0.25, -0.2) is 8.42 Å².